The van der Waals surface area contributed by atoms with Crippen molar-refractivity contribution in [3.05, 3.63) is 84.4 Å². The fourth-order valence-electron chi connectivity index (χ4n) is 5.19. The molecule has 2 heterocycles. The average molecular weight is 416 g/mol. The highest BCUT2D eigenvalue weighted by Crippen LogP contribution is 2.28. The van der Waals surface area contributed by atoms with E-state index in [-0.39, 0.29) is 6.10 Å². The topological polar surface area (TPSA) is 34.0 Å². The number of benzene rings is 3. The van der Waals surface area contributed by atoms with Crippen LogP contribution in [0.4, 0.5) is 0 Å². The number of hydrogen-bond acceptors (Lipinski definition) is 1. The Balaban J connectivity index is 1.18. The van der Waals surface area contributed by atoms with Crippen LogP contribution in [0.15, 0.2) is 78.9 Å². The first-order chi connectivity index (χ1) is 15.3. The van der Waals surface area contributed by atoms with Crippen molar-refractivity contribution >= 4 is 21.8 Å². The van der Waals surface area contributed by atoms with E-state index in [1.807, 2.05) is 0 Å². The van der Waals surface area contributed by atoms with Crippen LogP contribution in [0.3, 0.4) is 0 Å². The van der Waals surface area contributed by atoms with Crippen LogP contribution in [0.1, 0.15) is 5.56 Å². The zero-order valence-electron chi connectivity index (χ0n) is 18.1. The number of aromatic nitrogens is 1. The number of fused-ring (bicyclic) bond motifs is 3. The van der Waals surface area contributed by atoms with Crippen molar-refractivity contribution in [1.29, 1.82) is 0 Å². The summed E-state index contributed by atoms with van der Waals surface area (Å²) < 4.78 is 2.30. The second-order valence-electron chi connectivity index (χ2n) is 8.99. The van der Waals surface area contributed by atoms with Crippen LogP contribution in [0.5, 0.6) is 0 Å². The summed E-state index contributed by atoms with van der Waals surface area (Å²) in [4.78, 5) is 3.24. The first-order valence-corrected chi connectivity index (χ1v) is 11.6. The van der Waals surface area contributed by atoms with Gasteiger partial charge in [0.05, 0.1) is 13.1 Å². The van der Waals surface area contributed by atoms with Crippen molar-refractivity contribution in [2.75, 3.05) is 39.3 Å². The highest BCUT2D eigenvalue weighted by atomic mass is 16.3. The molecule has 5 rings (SSSR count). The molecular formula is C27H33N3O+2. The summed E-state index contributed by atoms with van der Waals surface area (Å²) in [5.74, 6) is 0. The van der Waals surface area contributed by atoms with Crippen LogP contribution < -0.4 is 9.80 Å². The lowest BCUT2D eigenvalue weighted by Gasteiger charge is -2.31. The number of nitrogens with one attached hydrogen (secondary N) is 2. The Hall–Kier alpha value is -2.66. The fraction of sp³-hybridized carbons (Fsp3) is 0.333. The predicted octanol–water partition coefficient (Wildman–Crippen LogP) is 1.18. The molecule has 0 radical (unpaired) electrons. The third-order valence-corrected chi connectivity index (χ3v) is 6.87. The number of hydrogen-bond donors (Lipinski definition) is 3. The molecule has 3 N–H and O–H groups in total. The van der Waals surface area contributed by atoms with Crippen LogP contribution in [0.2, 0.25) is 0 Å². The molecule has 4 nitrogen and oxygen atoms in total. The number of quaternary nitrogens is 2. The molecule has 4 heteroatoms. The van der Waals surface area contributed by atoms with E-state index in [2.05, 4.69) is 83.4 Å². The van der Waals surface area contributed by atoms with Gasteiger partial charge in [0.2, 0.25) is 0 Å². The summed E-state index contributed by atoms with van der Waals surface area (Å²) in [5.41, 5.74) is 3.87. The van der Waals surface area contributed by atoms with E-state index in [9.17, 15) is 5.11 Å². The maximum atomic E-state index is 11.0. The van der Waals surface area contributed by atoms with E-state index in [4.69, 9.17) is 0 Å². The molecule has 1 aromatic heterocycles. The average Bonchev–Trinajstić information content (AvgIpc) is 3.13. The van der Waals surface area contributed by atoms with E-state index in [0.717, 1.165) is 26.1 Å². The number of aliphatic hydroxyl groups excluding tert-OH is 1. The van der Waals surface area contributed by atoms with Gasteiger partial charge in [-0.15, -0.1) is 0 Å². The Morgan fingerprint density at radius 1 is 0.710 bits per heavy atom. The Bertz CT molecular complexity index is 1080. The molecule has 0 spiro atoms. The summed E-state index contributed by atoms with van der Waals surface area (Å²) >= 11 is 0. The summed E-state index contributed by atoms with van der Waals surface area (Å²) in [5, 5.41) is 13.5. The van der Waals surface area contributed by atoms with Gasteiger partial charge in [-0.3, -0.25) is 0 Å². The SMILES string of the molecule is O[C@H](Cn1c2ccccc2c2ccccc21)C[NH+]1CC[NH+](CCc2ccccc2)CC1. The lowest BCUT2D eigenvalue weighted by atomic mass is 10.1. The minimum Gasteiger partial charge on any atom is -0.385 e. The highest BCUT2D eigenvalue weighted by Gasteiger charge is 2.25. The van der Waals surface area contributed by atoms with Crippen LogP contribution in [-0.4, -0.2) is 55.0 Å². The van der Waals surface area contributed by atoms with Crippen molar-refractivity contribution < 1.29 is 14.9 Å². The number of piperazine rings is 1. The van der Waals surface area contributed by atoms with Gasteiger partial charge in [-0.05, 0) is 17.7 Å². The molecule has 1 aliphatic heterocycles. The van der Waals surface area contributed by atoms with Gasteiger partial charge in [0.15, 0.2) is 0 Å². The Labute approximate surface area is 184 Å². The van der Waals surface area contributed by atoms with Gasteiger partial charge in [-0.2, -0.15) is 0 Å². The Kier molecular flexibility index (Phi) is 6.03. The molecule has 4 aromatic rings. The van der Waals surface area contributed by atoms with Gasteiger partial charge in [-0.1, -0.05) is 66.7 Å². The number of aliphatic hydroxyl groups is 1. The van der Waals surface area contributed by atoms with Crippen LogP contribution in [0.25, 0.3) is 21.8 Å². The molecule has 0 amide bonds. The molecule has 0 aliphatic carbocycles. The van der Waals surface area contributed by atoms with Gasteiger partial charge in [0.25, 0.3) is 0 Å². The summed E-state index contributed by atoms with van der Waals surface area (Å²) in [6.07, 6.45) is 0.821. The minimum absolute atomic E-state index is 0.333. The molecule has 1 fully saturated rings. The third kappa shape index (κ3) is 4.52. The van der Waals surface area contributed by atoms with E-state index >= 15 is 0 Å². The summed E-state index contributed by atoms with van der Waals surface area (Å²) in [6, 6.07) is 27.9. The summed E-state index contributed by atoms with van der Waals surface area (Å²) in [6.45, 7) is 7.38. The van der Waals surface area contributed by atoms with Gasteiger partial charge in [-0.25, -0.2) is 0 Å². The first kappa shape index (κ1) is 20.3. The lowest BCUT2D eigenvalue weighted by Crippen LogP contribution is -3.28. The monoisotopic (exact) mass is 415 g/mol. The molecule has 1 atom stereocenters. The zero-order valence-corrected chi connectivity index (χ0v) is 18.1. The first-order valence-electron chi connectivity index (χ1n) is 11.6. The maximum Gasteiger partial charge on any atom is 0.127 e. The largest absolute Gasteiger partial charge is 0.385 e. The molecule has 31 heavy (non-hydrogen) atoms. The van der Waals surface area contributed by atoms with Crippen molar-refractivity contribution in [1.82, 2.24) is 4.57 Å². The molecule has 0 saturated carbocycles. The Morgan fingerprint density at radius 2 is 1.26 bits per heavy atom. The van der Waals surface area contributed by atoms with Crippen LogP contribution in [-0.2, 0) is 13.0 Å². The standard InChI is InChI=1S/C27H31N3O/c31-23(20-29-18-16-28(17-19-29)15-14-22-8-2-1-3-9-22)21-30-26-12-6-4-10-24(26)25-11-5-7-13-27(25)30/h1-13,23,31H,14-21H2/p+2/t23-/m0/s1. The van der Waals surface area contributed by atoms with Gasteiger partial charge in [0, 0.05) is 28.2 Å². The van der Waals surface area contributed by atoms with Crippen LogP contribution in [0, 0.1) is 0 Å². The molecule has 160 valence electrons. The lowest BCUT2D eigenvalue weighted by molar-refractivity contribution is -1.01. The highest BCUT2D eigenvalue weighted by molar-refractivity contribution is 6.07. The Morgan fingerprint density at radius 3 is 1.90 bits per heavy atom. The molecule has 0 bridgehead atoms. The van der Waals surface area contributed by atoms with Crippen molar-refractivity contribution in [3.8, 4) is 0 Å². The van der Waals surface area contributed by atoms with E-state index < -0.39 is 0 Å². The molecular weight excluding hydrogens is 382 g/mol. The van der Waals surface area contributed by atoms with E-state index in [1.165, 1.54) is 51.9 Å². The molecule has 1 saturated heterocycles. The van der Waals surface area contributed by atoms with E-state index in [0.29, 0.717) is 6.54 Å². The van der Waals surface area contributed by atoms with Gasteiger partial charge >= 0.3 is 0 Å². The number of nitrogens with zero attached hydrogens (tertiary/aromatic N) is 1. The van der Waals surface area contributed by atoms with Gasteiger partial charge in [0.1, 0.15) is 38.8 Å². The van der Waals surface area contributed by atoms with Gasteiger partial charge < -0.3 is 19.5 Å². The quantitative estimate of drug-likeness (QED) is 0.416. The third-order valence-electron chi connectivity index (χ3n) is 6.87. The minimum atomic E-state index is -0.333. The normalized spacial score (nSPS) is 20.3. The van der Waals surface area contributed by atoms with Crippen molar-refractivity contribution in [2.24, 2.45) is 0 Å². The number of para-hydroxylation sites is 2. The van der Waals surface area contributed by atoms with Crippen LogP contribution >= 0.6 is 0 Å². The second kappa shape index (κ2) is 9.23. The second-order valence-corrected chi connectivity index (χ2v) is 8.99. The smallest absolute Gasteiger partial charge is 0.127 e. The van der Waals surface area contributed by atoms with E-state index in [1.54, 1.807) is 4.90 Å². The predicted molar refractivity (Wildman–Crippen MR) is 127 cm³/mol. The molecule has 0 unspecified atom stereocenters. The number of rotatable bonds is 7. The molecule has 3 aromatic carbocycles. The maximum absolute atomic E-state index is 11.0. The summed E-state index contributed by atoms with van der Waals surface area (Å²) in [7, 11) is 0. The fourth-order valence-corrected chi connectivity index (χ4v) is 5.19. The molecule has 1 aliphatic rings. The zero-order chi connectivity index (χ0) is 21.0. The van der Waals surface area contributed by atoms with Crippen molar-refractivity contribution in [2.45, 2.75) is 19.1 Å². The van der Waals surface area contributed by atoms with Crippen molar-refractivity contribution in [3.63, 3.8) is 0 Å².